The average Bonchev–Trinajstić information content (AvgIpc) is 2.38. The summed E-state index contributed by atoms with van der Waals surface area (Å²) >= 11 is 4.86. The van der Waals surface area contributed by atoms with Gasteiger partial charge in [0.05, 0.1) is 5.56 Å². The zero-order valence-corrected chi connectivity index (χ0v) is 11.1. The van der Waals surface area contributed by atoms with Crippen molar-refractivity contribution in [3.63, 3.8) is 0 Å². The minimum Gasteiger partial charge on any atom is -0.508 e. The number of carbonyl (C=O) groups is 1. The lowest BCUT2D eigenvalue weighted by Crippen LogP contribution is -2.14. The van der Waals surface area contributed by atoms with Crippen LogP contribution in [0.25, 0.3) is 0 Å². The first-order valence-electron chi connectivity index (χ1n) is 5.70. The maximum absolute atomic E-state index is 12.0. The van der Waals surface area contributed by atoms with Crippen molar-refractivity contribution in [1.29, 1.82) is 0 Å². The number of nitrogens with one attached hydrogen (secondary N) is 1. The van der Waals surface area contributed by atoms with Crippen LogP contribution in [0, 0.1) is 0 Å². The van der Waals surface area contributed by atoms with Crippen molar-refractivity contribution < 1.29 is 15.0 Å². The van der Waals surface area contributed by atoms with Crippen molar-refractivity contribution in [2.75, 3.05) is 5.32 Å². The van der Waals surface area contributed by atoms with Gasteiger partial charge < -0.3 is 21.3 Å². The molecule has 0 spiro atoms. The highest BCUT2D eigenvalue weighted by Crippen LogP contribution is 2.23. The molecule has 2 aromatic rings. The first-order chi connectivity index (χ1) is 9.47. The molecule has 102 valence electrons. The van der Waals surface area contributed by atoms with Crippen LogP contribution < -0.4 is 11.1 Å². The van der Waals surface area contributed by atoms with Crippen LogP contribution in [0.1, 0.15) is 15.9 Å². The highest BCUT2D eigenvalue weighted by molar-refractivity contribution is 7.80. The van der Waals surface area contributed by atoms with Crippen LogP contribution in [0.4, 0.5) is 5.69 Å². The van der Waals surface area contributed by atoms with E-state index in [4.69, 9.17) is 18.0 Å². The van der Waals surface area contributed by atoms with Gasteiger partial charge in [-0.15, -0.1) is 0 Å². The van der Waals surface area contributed by atoms with Gasteiger partial charge in [-0.25, -0.2) is 0 Å². The van der Waals surface area contributed by atoms with Crippen LogP contribution in [0.5, 0.6) is 11.5 Å². The van der Waals surface area contributed by atoms with Gasteiger partial charge in [-0.05, 0) is 24.3 Å². The van der Waals surface area contributed by atoms with Gasteiger partial charge in [0.25, 0.3) is 5.91 Å². The Bertz CT molecular complexity index is 686. The molecule has 2 aromatic carbocycles. The highest BCUT2D eigenvalue weighted by Gasteiger charge is 2.12. The van der Waals surface area contributed by atoms with Gasteiger partial charge >= 0.3 is 0 Å². The molecule has 0 unspecified atom stereocenters. The molecule has 5 N–H and O–H groups in total. The normalized spacial score (nSPS) is 10.0. The van der Waals surface area contributed by atoms with E-state index in [0.717, 1.165) is 6.07 Å². The topological polar surface area (TPSA) is 95.6 Å². The van der Waals surface area contributed by atoms with Crippen LogP contribution >= 0.6 is 12.2 Å². The number of aromatic hydroxyl groups is 2. The van der Waals surface area contributed by atoms with Crippen molar-refractivity contribution >= 4 is 28.8 Å². The second-order valence-corrected chi connectivity index (χ2v) is 4.54. The lowest BCUT2D eigenvalue weighted by atomic mass is 10.1. The number of carbonyl (C=O) groups excluding carboxylic acids is 1. The van der Waals surface area contributed by atoms with E-state index < -0.39 is 5.91 Å². The lowest BCUT2D eigenvalue weighted by molar-refractivity contribution is 0.102. The maximum Gasteiger partial charge on any atom is 0.259 e. The van der Waals surface area contributed by atoms with E-state index in [-0.39, 0.29) is 22.1 Å². The van der Waals surface area contributed by atoms with Crippen LogP contribution in [0.3, 0.4) is 0 Å². The number of thiocarbonyl (C=S) groups is 1. The molecular formula is C14H12N2O3S. The molecule has 0 aliphatic rings. The van der Waals surface area contributed by atoms with Crippen molar-refractivity contribution in [3.05, 3.63) is 53.6 Å². The second kappa shape index (κ2) is 5.58. The van der Waals surface area contributed by atoms with Gasteiger partial charge in [-0.1, -0.05) is 24.4 Å². The highest BCUT2D eigenvalue weighted by atomic mass is 32.1. The Balaban J connectivity index is 2.23. The predicted molar refractivity (Wildman–Crippen MR) is 80.1 cm³/mol. The first-order valence-corrected chi connectivity index (χ1v) is 6.11. The molecule has 2 rings (SSSR count). The summed E-state index contributed by atoms with van der Waals surface area (Å²) in [6.45, 7) is 0. The van der Waals surface area contributed by atoms with Crippen LogP contribution in [0.2, 0.25) is 0 Å². The van der Waals surface area contributed by atoms with Crippen LogP contribution in [0.15, 0.2) is 42.5 Å². The number of nitrogens with two attached hydrogens (primary N) is 1. The fraction of sp³-hybridized carbons (Fsp3) is 0. The summed E-state index contributed by atoms with van der Waals surface area (Å²) in [6, 6.07) is 10.5. The smallest absolute Gasteiger partial charge is 0.259 e. The van der Waals surface area contributed by atoms with E-state index in [1.54, 1.807) is 24.3 Å². The summed E-state index contributed by atoms with van der Waals surface area (Å²) in [6.07, 6.45) is 0. The molecule has 0 aliphatic carbocycles. The number of phenols is 2. The van der Waals surface area contributed by atoms with E-state index >= 15 is 0 Å². The van der Waals surface area contributed by atoms with E-state index in [0.29, 0.717) is 11.3 Å². The number of anilines is 1. The number of hydrogen-bond acceptors (Lipinski definition) is 4. The number of phenolic OH excluding ortho intramolecular Hbond substituents is 2. The summed E-state index contributed by atoms with van der Waals surface area (Å²) in [5, 5.41) is 21.4. The molecule has 5 nitrogen and oxygen atoms in total. The van der Waals surface area contributed by atoms with Gasteiger partial charge in [0.1, 0.15) is 16.5 Å². The average molecular weight is 288 g/mol. The molecule has 0 radical (unpaired) electrons. The number of hydrogen-bond donors (Lipinski definition) is 4. The third-order valence-electron chi connectivity index (χ3n) is 2.63. The largest absolute Gasteiger partial charge is 0.508 e. The Hall–Kier alpha value is -2.60. The standard InChI is InChI=1S/C14H12N2O3S/c15-13(20)8-2-1-3-9(6-8)16-14(19)11-5-4-10(17)7-12(11)18/h1-7,17-18H,(H2,15,20)(H,16,19). The third-order valence-corrected chi connectivity index (χ3v) is 2.87. The Kier molecular flexibility index (Phi) is 3.86. The molecule has 0 aromatic heterocycles. The van der Waals surface area contributed by atoms with Gasteiger partial charge in [-0.3, -0.25) is 4.79 Å². The van der Waals surface area contributed by atoms with Crippen molar-refractivity contribution in [1.82, 2.24) is 0 Å². The quantitative estimate of drug-likeness (QED) is 0.648. The van der Waals surface area contributed by atoms with Crippen LogP contribution in [-0.2, 0) is 0 Å². The predicted octanol–water partition coefficient (Wildman–Crippen LogP) is 1.98. The fourth-order valence-electron chi connectivity index (χ4n) is 1.66. The fourth-order valence-corrected chi connectivity index (χ4v) is 1.79. The molecule has 0 aliphatic heterocycles. The first kappa shape index (κ1) is 13.8. The third kappa shape index (κ3) is 3.04. The Labute approximate surface area is 120 Å². The summed E-state index contributed by atoms with van der Waals surface area (Å²) in [5.41, 5.74) is 6.71. The summed E-state index contributed by atoms with van der Waals surface area (Å²) in [5.74, 6) is -0.912. The molecule has 0 saturated heterocycles. The molecule has 1 amide bonds. The lowest BCUT2D eigenvalue weighted by Gasteiger charge is -2.08. The minimum atomic E-state index is -0.498. The SMILES string of the molecule is NC(=S)c1cccc(NC(=O)c2ccc(O)cc2O)c1. The molecule has 0 fully saturated rings. The summed E-state index contributed by atoms with van der Waals surface area (Å²) in [7, 11) is 0. The number of benzene rings is 2. The Morgan fingerprint density at radius 3 is 2.55 bits per heavy atom. The zero-order valence-electron chi connectivity index (χ0n) is 10.3. The van der Waals surface area contributed by atoms with E-state index in [1.807, 2.05) is 0 Å². The summed E-state index contributed by atoms with van der Waals surface area (Å²) < 4.78 is 0. The molecular weight excluding hydrogens is 276 g/mol. The summed E-state index contributed by atoms with van der Waals surface area (Å²) in [4.78, 5) is 12.2. The molecule has 20 heavy (non-hydrogen) atoms. The van der Waals surface area contributed by atoms with Crippen LogP contribution in [-0.4, -0.2) is 21.1 Å². The zero-order chi connectivity index (χ0) is 14.7. The van der Waals surface area contributed by atoms with Gasteiger partial charge in [-0.2, -0.15) is 0 Å². The van der Waals surface area contributed by atoms with Gasteiger partial charge in [0, 0.05) is 17.3 Å². The molecule has 0 heterocycles. The molecule has 0 bridgehead atoms. The molecule has 0 atom stereocenters. The maximum atomic E-state index is 12.0. The molecule has 0 saturated carbocycles. The van der Waals surface area contributed by atoms with Crippen molar-refractivity contribution in [2.45, 2.75) is 0 Å². The monoisotopic (exact) mass is 288 g/mol. The van der Waals surface area contributed by atoms with Crippen molar-refractivity contribution in [2.24, 2.45) is 5.73 Å². The number of amides is 1. The van der Waals surface area contributed by atoms with E-state index in [1.165, 1.54) is 12.1 Å². The van der Waals surface area contributed by atoms with Crippen molar-refractivity contribution in [3.8, 4) is 11.5 Å². The Morgan fingerprint density at radius 2 is 1.90 bits per heavy atom. The van der Waals surface area contributed by atoms with E-state index in [2.05, 4.69) is 5.32 Å². The van der Waals surface area contributed by atoms with E-state index in [9.17, 15) is 15.0 Å². The second-order valence-electron chi connectivity index (χ2n) is 4.10. The van der Waals surface area contributed by atoms with Gasteiger partial charge in [0.15, 0.2) is 0 Å². The Morgan fingerprint density at radius 1 is 1.15 bits per heavy atom. The molecule has 6 heteroatoms. The minimum absolute atomic E-state index is 0.0588. The van der Waals surface area contributed by atoms with Gasteiger partial charge in [0.2, 0.25) is 0 Å². The number of rotatable bonds is 3.